The molecule has 2 atom stereocenters. The third kappa shape index (κ3) is 3.96. The maximum atomic E-state index is 12.3. The molecule has 0 aromatic heterocycles. The molecule has 0 unspecified atom stereocenters. The third-order valence-corrected chi connectivity index (χ3v) is 7.97. The highest BCUT2D eigenvalue weighted by molar-refractivity contribution is 7.86. The first-order valence-electron chi connectivity index (χ1n) is 10.1. The minimum atomic E-state index is -3.31. The Morgan fingerprint density at radius 2 is 1.86 bits per heavy atom. The summed E-state index contributed by atoms with van der Waals surface area (Å²) in [4.78, 5) is 14.4. The number of benzene rings is 1. The van der Waals surface area contributed by atoms with Crippen molar-refractivity contribution >= 4 is 16.0 Å². The van der Waals surface area contributed by atoms with Crippen LogP contribution in [-0.2, 0) is 10.2 Å². The quantitative estimate of drug-likeness (QED) is 0.460. The van der Waals surface area contributed by atoms with Crippen molar-refractivity contribution in [2.24, 2.45) is 5.92 Å². The minimum absolute atomic E-state index is 0.0925. The molecule has 0 spiro atoms. The first-order valence-corrected chi connectivity index (χ1v) is 11.5. The molecule has 2 aliphatic heterocycles. The number of rotatable bonds is 9. The molecule has 0 radical (unpaired) electrons. The topological polar surface area (TPSA) is 70.2 Å². The summed E-state index contributed by atoms with van der Waals surface area (Å²) in [7, 11) is -0.136. The van der Waals surface area contributed by atoms with Crippen LogP contribution in [-0.4, -0.2) is 80.1 Å². The van der Waals surface area contributed by atoms with Crippen molar-refractivity contribution < 1.29 is 17.9 Å². The molecular weight excluding hydrogens is 378 g/mol. The molecule has 1 aromatic rings. The summed E-state index contributed by atoms with van der Waals surface area (Å²) in [5.41, 5.74) is 0.778. The van der Waals surface area contributed by atoms with E-state index in [1.807, 2.05) is 24.3 Å². The first-order chi connectivity index (χ1) is 13.4. The molecule has 154 valence electrons. The van der Waals surface area contributed by atoms with Crippen LogP contribution in [0.2, 0.25) is 0 Å². The highest BCUT2D eigenvalue weighted by Gasteiger charge is 2.48. The molecule has 2 heterocycles. The van der Waals surface area contributed by atoms with Gasteiger partial charge in [0.2, 0.25) is 0 Å². The number of carbonyl (C=O) groups is 1. The van der Waals surface area contributed by atoms with Crippen LogP contribution in [0.4, 0.5) is 0 Å². The van der Waals surface area contributed by atoms with Gasteiger partial charge in [0.15, 0.2) is 5.78 Å². The highest BCUT2D eigenvalue weighted by Crippen LogP contribution is 2.34. The Morgan fingerprint density at radius 3 is 2.43 bits per heavy atom. The van der Waals surface area contributed by atoms with E-state index in [-0.39, 0.29) is 17.7 Å². The molecule has 3 aliphatic rings. The van der Waals surface area contributed by atoms with Gasteiger partial charge in [-0.15, -0.1) is 0 Å². The fraction of sp³-hybridized carbons (Fsp3) is 0.650. The zero-order valence-electron chi connectivity index (χ0n) is 16.6. The SMILES string of the molecule is CN(C)S(=O)(=O)N1C[C@@H]2C[C@H]1CN2CCCOc1ccc(C(=O)C2CC2)cc1. The van der Waals surface area contributed by atoms with E-state index in [1.54, 1.807) is 18.4 Å². The molecule has 4 rings (SSSR count). The van der Waals surface area contributed by atoms with Crippen molar-refractivity contribution in [2.75, 3.05) is 40.3 Å². The van der Waals surface area contributed by atoms with Crippen LogP contribution >= 0.6 is 0 Å². The lowest BCUT2D eigenvalue weighted by Gasteiger charge is -2.34. The number of likely N-dealkylation sites (tertiary alicyclic amines) is 1. The van der Waals surface area contributed by atoms with E-state index < -0.39 is 10.2 Å². The Morgan fingerprint density at radius 1 is 1.14 bits per heavy atom. The number of carbonyl (C=O) groups excluding carboxylic acids is 1. The zero-order valence-corrected chi connectivity index (χ0v) is 17.4. The normalized spacial score (nSPS) is 25.5. The largest absolute Gasteiger partial charge is 0.494 e. The lowest BCUT2D eigenvalue weighted by atomic mass is 10.1. The molecule has 1 saturated carbocycles. The average molecular weight is 408 g/mol. The van der Waals surface area contributed by atoms with Gasteiger partial charge in [-0.1, -0.05) is 0 Å². The lowest BCUT2D eigenvalue weighted by molar-refractivity contribution is 0.0967. The summed E-state index contributed by atoms with van der Waals surface area (Å²) in [6.07, 6.45) is 3.86. The summed E-state index contributed by atoms with van der Waals surface area (Å²) < 4.78 is 33.5. The van der Waals surface area contributed by atoms with Gasteiger partial charge in [0, 0.05) is 57.3 Å². The number of Topliss-reactive ketones (excluding diaryl/α,β-unsaturated/α-hetero) is 1. The molecule has 1 aliphatic carbocycles. The average Bonchev–Trinajstić information content (AvgIpc) is 3.34. The second-order valence-electron chi connectivity index (χ2n) is 8.26. The van der Waals surface area contributed by atoms with Gasteiger partial charge in [0.1, 0.15) is 5.75 Å². The monoisotopic (exact) mass is 407 g/mol. The van der Waals surface area contributed by atoms with Crippen molar-refractivity contribution in [2.45, 2.75) is 37.8 Å². The van der Waals surface area contributed by atoms with Gasteiger partial charge in [-0.05, 0) is 49.9 Å². The number of ether oxygens (including phenoxy) is 1. The summed E-state index contributed by atoms with van der Waals surface area (Å²) in [5, 5.41) is 0. The number of hydrogen-bond donors (Lipinski definition) is 0. The van der Waals surface area contributed by atoms with E-state index in [2.05, 4.69) is 4.90 Å². The molecular formula is C20H29N3O4S. The smallest absolute Gasteiger partial charge is 0.281 e. The Hall–Kier alpha value is -1.48. The number of nitrogens with zero attached hydrogens (tertiary/aromatic N) is 3. The van der Waals surface area contributed by atoms with Gasteiger partial charge in [-0.3, -0.25) is 9.69 Å². The van der Waals surface area contributed by atoms with Crippen LogP contribution in [0, 0.1) is 5.92 Å². The van der Waals surface area contributed by atoms with Crippen LogP contribution < -0.4 is 4.74 Å². The van der Waals surface area contributed by atoms with Crippen molar-refractivity contribution in [1.82, 2.24) is 13.5 Å². The molecule has 7 nitrogen and oxygen atoms in total. The maximum Gasteiger partial charge on any atom is 0.281 e. The van der Waals surface area contributed by atoms with Crippen LogP contribution in [0.5, 0.6) is 5.75 Å². The Balaban J connectivity index is 1.19. The molecule has 0 amide bonds. The molecule has 8 heteroatoms. The molecule has 28 heavy (non-hydrogen) atoms. The van der Waals surface area contributed by atoms with Gasteiger partial charge >= 0.3 is 0 Å². The Bertz CT molecular complexity index is 820. The van der Waals surface area contributed by atoms with Crippen LogP contribution in [0.3, 0.4) is 0 Å². The van der Waals surface area contributed by atoms with Crippen LogP contribution in [0.1, 0.15) is 36.0 Å². The maximum absolute atomic E-state index is 12.3. The predicted molar refractivity (Wildman–Crippen MR) is 107 cm³/mol. The fourth-order valence-corrected chi connectivity index (χ4v) is 5.54. The summed E-state index contributed by atoms with van der Waals surface area (Å²) >= 11 is 0. The molecule has 2 bridgehead atoms. The van der Waals surface area contributed by atoms with E-state index in [9.17, 15) is 13.2 Å². The van der Waals surface area contributed by atoms with Crippen molar-refractivity contribution in [3.63, 3.8) is 0 Å². The Kier molecular flexibility index (Phi) is 5.48. The van der Waals surface area contributed by atoms with Crippen LogP contribution in [0.15, 0.2) is 24.3 Å². The lowest BCUT2D eigenvalue weighted by Crippen LogP contribution is -2.51. The van der Waals surface area contributed by atoms with Crippen molar-refractivity contribution in [3.05, 3.63) is 29.8 Å². The second kappa shape index (κ2) is 7.74. The van der Waals surface area contributed by atoms with Crippen molar-refractivity contribution in [3.8, 4) is 5.75 Å². The van der Waals surface area contributed by atoms with Gasteiger partial charge in [0.25, 0.3) is 10.2 Å². The molecule has 0 N–H and O–H groups in total. The number of fused-ring (bicyclic) bond motifs is 2. The fourth-order valence-electron chi connectivity index (χ4n) is 4.23. The molecule has 1 aromatic carbocycles. The van der Waals surface area contributed by atoms with Crippen LogP contribution in [0.25, 0.3) is 0 Å². The molecule has 3 fully saturated rings. The van der Waals surface area contributed by atoms with Gasteiger partial charge in [0.05, 0.1) is 6.61 Å². The summed E-state index contributed by atoms with van der Waals surface area (Å²) in [5.74, 6) is 1.28. The van der Waals surface area contributed by atoms with E-state index in [1.165, 1.54) is 4.31 Å². The van der Waals surface area contributed by atoms with Gasteiger partial charge < -0.3 is 4.74 Å². The summed E-state index contributed by atoms with van der Waals surface area (Å²) in [6.45, 7) is 2.91. The van der Waals surface area contributed by atoms with E-state index in [0.29, 0.717) is 19.2 Å². The van der Waals surface area contributed by atoms with Crippen molar-refractivity contribution in [1.29, 1.82) is 0 Å². The minimum Gasteiger partial charge on any atom is -0.494 e. The first kappa shape index (κ1) is 19.8. The highest BCUT2D eigenvalue weighted by atomic mass is 32.2. The number of hydrogen-bond acceptors (Lipinski definition) is 5. The summed E-state index contributed by atoms with van der Waals surface area (Å²) in [6, 6.07) is 7.86. The second-order valence-corrected chi connectivity index (χ2v) is 10.4. The van der Waals surface area contributed by atoms with Gasteiger partial charge in [-0.2, -0.15) is 17.0 Å². The van der Waals surface area contributed by atoms with Gasteiger partial charge in [-0.25, -0.2) is 0 Å². The predicted octanol–water partition coefficient (Wildman–Crippen LogP) is 1.61. The number of ketones is 1. The molecule has 2 saturated heterocycles. The van der Waals surface area contributed by atoms with E-state index >= 15 is 0 Å². The van der Waals surface area contributed by atoms with E-state index in [4.69, 9.17) is 4.74 Å². The number of piperazine rings is 1. The Labute approximate surface area is 167 Å². The standard InChI is InChI=1S/C20H29N3O4S/c1-21(2)28(25,26)23-14-17-12-18(23)13-22(17)10-3-11-27-19-8-6-16(7-9-19)20(24)15-4-5-15/h6-9,15,17-18H,3-5,10-14H2,1-2H3/t17-,18-/m0/s1. The van der Waals surface area contributed by atoms with E-state index in [0.717, 1.165) is 50.1 Å². The third-order valence-electron chi connectivity index (χ3n) is 6.01. The zero-order chi connectivity index (χ0) is 19.9.